The van der Waals surface area contributed by atoms with Crippen LogP contribution in [0.15, 0.2) is 30.6 Å². The summed E-state index contributed by atoms with van der Waals surface area (Å²) in [7, 11) is 1.58. The highest BCUT2D eigenvalue weighted by Crippen LogP contribution is 2.40. The summed E-state index contributed by atoms with van der Waals surface area (Å²) in [4.78, 5) is 4.04. The van der Waals surface area contributed by atoms with Crippen molar-refractivity contribution in [3.63, 3.8) is 0 Å². The van der Waals surface area contributed by atoms with E-state index in [-0.39, 0.29) is 0 Å². The topological polar surface area (TPSA) is 22.1 Å². The van der Waals surface area contributed by atoms with Gasteiger partial charge in [0.25, 0.3) is 0 Å². The first-order valence-corrected chi connectivity index (χ1v) is 5.89. The standard InChI is InChI=1S/C12H8Cl3NO/c1-17-11-2-3-16-6-8(11)12-9(14)4-7(13)5-10(12)15/h2-6H,1H3. The molecular formula is C12H8Cl3NO. The molecular weight excluding hydrogens is 280 g/mol. The van der Waals surface area contributed by atoms with Gasteiger partial charge in [-0.05, 0) is 18.2 Å². The Morgan fingerprint density at radius 2 is 1.76 bits per heavy atom. The summed E-state index contributed by atoms with van der Waals surface area (Å²) in [6, 6.07) is 5.02. The Kier molecular flexibility index (Phi) is 3.77. The van der Waals surface area contributed by atoms with Gasteiger partial charge in [-0.15, -0.1) is 0 Å². The molecule has 0 aliphatic rings. The molecule has 0 radical (unpaired) electrons. The Bertz CT molecular complexity index is 534. The molecule has 0 saturated carbocycles. The second-order valence-corrected chi connectivity index (χ2v) is 4.57. The Balaban J connectivity index is 2.68. The molecule has 2 rings (SSSR count). The predicted molar refractivity (Wildman–Crippen MR) is 71.3 cm³/mol. The van der Waals surface area contributed by atoms with E-state index in [0.717, 1.165) is 5.56 Å². The largest absolute Gasteiger partial charge is 0.496 e. The summed E-state index contributed by atoms with van der Waals surface area (Å²) in [6.45, 7) is 0. The number of aromatic nitrogens is 1. The third-order valence-corrected chi connectivity index (χ3v) is 3.09. The summed E-state index contributed by atoms with van der Waals surface area (Å²) in [6.07, 6.45) is 3.29. The SMILES string of the molecule is COc1ccncc1-c1c(Cl)cc(Cl)cc1Cl. The average Bonchev–Trinajstić information content (AvgIpc) is 2.28. The van der Waals surface area contributed by atoms with E-state index in [1.165, 1.54) is 0 Å². The van der Waals surface area contributed by atoms with Gasteiger partial charge in [0.15, 0.2) is 0 Å². The van der Waals surface area contributed by atoms with Crippen LogP contribution in [-0.2, 0) is 0 Å². The maximum absolute atomic E-state index is 6.15. The lowest BCUT2D eigenvalue weighted by atomic mass is 10.1. The highest BCUT2D eigenvalue weighted by Gasteiger charge is 2.14. The van der Waals surface area contributed by atoms with Crippen molar-refractivity contribution in [2.75, 3.05) is 7.11 Å². The van der Waals surface area contributed by atoms with Gasteiger partial charge in [-0.1, -0.05) is 34.8 Å². The first-order valence-electron chi connectivity index (χ1n) is 4.76. The molecule has 0 aliphatic carbocycles. The van der Waals surface area contributed by atoms with Gasteiger partial charge in [0.05, 0.1) is 17.2 Å². The zero-order chi connectivity index (χ0) is 12.4. The number of ether oxygens (including phenoxy) is 1. The van der Waals surface area contributed by atoms with Crippen molar-refractivity contribution >= 4 is 34.8 Å². The number of methoxy groups -OCH3 is 1. The van der Waals surface area contributed by atoms with Crippen LogP contribution in [0.1, 0.15) is 0 Å². The van der Waals surface area contributed by atoms with Crippen molar-refractivity contribution in [1.29, 1.82) is 0 Å². The maximum Gasteiger partial charge on any atom is 0.129 e. The van der Waals surface area contributed by atoms with Crippen molar-refractivity contribution < 1.29 is 4.74 Å². The lowest BCUT2D eigenvalue weighted by Crippen LogP contribution is -1.90. The number of hydrogen-bond acceptors (Lipinski definition) is 2. The van der Waals surface area contributed by atoms with Crippen LogP contribution in [0.25, 0.3) is 11.1 Å². The van der Waals surface area contributed by atoms with E-state index in [9.17, 15) is 0 Å². The van der Waals surface area contributed by atoms with E-state index >= 15 is 0 Å². The molecule has 0 atom stereocenters. The molecule has 0 amide bonds. The van der Waals surface area contributed by atoms with Crippen molar-refractivity contribution in [2.24, 2.45) is 0 Å². The zero-order valence-corrected chi connectivity index (χ0v) is 11.1. The van der Waals surface area contributed by atoms with Crippen molar-refractivity contribution in [3.05, 3.63) is 45.7 Å². The maximum atomic E-state index is 6.15. The molecule has 0 saturated heterocycles. The van der Waals surface area contributed by atoms with E-state index in [1.807, 2.05) is 0 Å². The fourth-order valence-corrected chi connectivity index (χ4v) is 2.57. The lowest BCUT2D eigenvalue weighted by Gasteiger charge is -2.11. The fraction of sp³-hybridized carbons (Fsp3) is 0.0833. The van der Waals surface area contributed by atoms with Gasteiger partial charge in [-0.25, -0.2) is 0 Å². The molecule has 2 nitrogen and oxygen atoms in total. The van der Waals surface area contributed by atoms with Gasteiger partial charge >= 0.3 is 0 Å². The predicted octanol–water partition coefficient (Wildman–Crippen LogP) is 4.72. The average molecular weight is 289 g/mol. The molecule has 0 aliphatic heterocycles. The van der Waals surface area contributed by atoms with Crippen LogP contribution in [0.4, 0.5) is 0 Å². The number of halogens is 3. The van der Waals surface area contributed by atoms with Crippen LogP contribution < -0.4 is 4.74 Å². The molecule has 0 N–H and O–H groups in total. The van der Waals surface area contributed by atoms with Crippen LogP contribution >= 0.6 is 34.8 Å². The van der Waals surface area contributed by atoms with E-state index in [2.05, 4.69) is 4.98 Å². The summed E-state index contributed by atoms with van der Waals surface area (Å²) in [5, 5.41) is 1.43. The first-order chi connectivity index (χ1) is 8.13. The summed E-state index contributed by atoms with van der Waals surface area (Å²) >= 11 is 18.2. The minimum absolute atomic E-state index is 0.466. The van der Waals surface area contributed by atoms with Crippen molar-refractivity contribution in [3.8, 4) is 16.9 Å². The summed E-state index contributed by atoms with van der Waals surface area (Å²) in [5.74, 6) is 0.658. The Labute approximate surface area is 114 Å². The molecule has 17 heavy (non-hydrogen) atoms. The first kappa shape index (κ1) is 12.5. The normalized spacial score (nSPS) is 10.4. The minimum Gasteiger partial charge on any atom is -0.496 e. The van der Waals surface area contributed by atoms with E-state index in [0.29, 0.717) is 26.4 Å². The molecule has 1 aromatic carbocycles. The van der Waals surface area contributed by atoms with Crippen LogP contribution in [0.3, 0.4) is 0 Å². The quantitative estimate of drug-likeness (QED) is 0.798. The molecule has 5 heteroatoms. The lowest BCUT2D eigenvalue weighted by molar-refractivity contribution is 0.416. The van der Waals surface area contributed by atoms with Gasteiger partial charge < -0.3 is 4.74 Å². The number of hydrogen-bond donors (Lipinski definition) is 0. The van der Waals surface area contributed by atoms with Crippen LogP contribution in [0, 0.1) is 0 Å². The third-order valence-electron chi connectivity index (χ3n) is 2.28. The number of benzene rings is 1. The van der Waals surface area contributed by atoms with Crippen LogP contribution in [0.5, 0.6) is 5.75 Å². The highest BCUT2D eigenvalue weighted by molar-refractivity contribution is 6.41. The molecule has 0 spiro atoms. The fourth-order valence-electron chi connectivity index (χ4n) is 1.55. The van der Waals surface area contributed by atoms with Gasteiger partial charge in [0.1, 0.15) is 5.75 Å². The number of rotatable bonds is 2. The van der Waals surface area contributed by atoms with E-state index in [4.69, 9.17) is 39.5 Å². The second kappa shape index (κ2) is 5.13. The molecule has 88 valence electrons. The second-order valence-electron chi connectivity index (χ2n) is 3.32. The highest BCUT2D eigenvalue weighted by atomic mass is 35.5. The molecule has 0 unspecified atom stereocenters. The smallest absolute Gasteiger partial charge is 0.129 e. The Morgan fingerprint density at radius 1 is 1.12 bits per heavy atom. The van der Waals surface area contributed by atoms with Crippen molar-refractivity contribution in [1.82, 2.24) is 4.98 Å². The van der Waals surface area contributed by atoms with Gasteiger partial charge in [0.2, 0.25) is 0 Å². The van der Waals surface area contributed by atoms with E-state index < -0.39 is 0 Å². The zero-order valence-electron chi connectivity index (χ0n) is 8.88. The number of nitrogens with zero attached hydrogens (tertiary/aromatic N) is 1. The minimum atomic E-state index is 0.466. The van der Waals surface area contributed by atoms with Gasteiger partial charge in [0, 0.05) is 28.5 Å². The molecule has 1 aromatic heterocycles. The Morgan fingerprint density at radius 3 is 2.35 bits per heavy atom. The van der Waals surface area contributed by atoms with E-state index in [1.54, 1.807) is 37.7 Å². The van der Waals surface area contributed by atoms with Crippen LogP contribution in [-0.4, -0.2) is 12.1 Å². The van der Waals surface area contributed by atoms with Crippen molar-refractivity contribution in [2.45, 2.75) is 0 Å². The molecule has 2 aromatic rings. The Hall–Kier alpha value is -0.960. The van der Waals surface area contributed by atoms with Gasteiger partial charge in [-0.2, -0.15) is 0 Å². The summed E-state index contributed by atoms with van der Waals surface area (Å²) < 4.78 is 5.25. The van der Waals surface area contributed by atoms with Gasteiger partial charge in [-0.3, -0.25) is 4.98 Å². The third kappa shape index (κ3) is 2.49. The monoisotopic (exact) mass is 287 g/mol. The molecule has 0 fully saturated rings. The molecule has 1 heterocycles. The molecule has 0 bridgehead atoms. The summed E-state index contributed by atoms with van der Waals surface area (Å²) in [5.41, 5.74) is 1.41. The number of pyridine rings is 1. The van der Waals surface area contributed by atoms with Crippen LogP contribution in [0.2, 0.25) is 15.1 Å².